The van der Waals surface area contributed by atoms with E-state index >= 15 is 0 Å². The van der Waals surface area contributed by atoms with Gasteiger partial charge in [0.25, 0.3) is 0 Å². The van der Waals surface area contributed by atoms with E-state index in [1.807, 2.05) is 24.3 Å². The molecule has 0 bridgehead atoms. The van der Waals surface area contributed by atoms with Crippen molar-refractivity contribution in [1.82, 2.24) is 19.9 Å². The molecular weight excluding hydrogens is 202 g/mol. The molecule has 0 saturated carbocycles. The highest BCUT2D eigenvalue weighted by atomic mass is 15.4. The number of para-hydroxylation sites is 1. The Morgan fingerprint density at radius 1 is 1.19 bits per heavy atom. The van der Waals surface area contributed by atoms with E-state index in [1.165, 1.54) is 5.39 Å². The molecule has 5 heteroatoms. The normalized spacial score (nSPS) is 11.5. The number of hydrogen-bond acceptors (Lipinski definition) is 3. The Balaban J connectivity index is 1.95. The van der Waals surface area contributed by atoms with Crippen molar-refractivity contribution in [2.45, 2.75) is 0 Å². The molecule has 2 aromatic heterocycles. The Hall–Kier alpha value is -2.43. The first-order valence-corrected chi connectivity index (χ1v) is 4.88. The van der Waals surface area contributed by atoms with Crippen LogP contribution in [0.3, 0.4) is 0 Å². The summed E-state index contributed by atoms with van der Waals surface area (Å²) in [5.74, 6) is 0. The quantitative estimate of drug-likeness (QED) is 0.655. The summed E-state index contributed by atoms with van der Waals surface area (Å²) in [6.07, 6.45) is 4.82. The first-order valence-electron chi connectivity index (χ1n) is 4.88. The van der Waals surface area contributed by atoms with Gasteiger partial charge in [0.15, 0.2) is 0 Å². The lowest BCUT2D eigenvalue weighted by Crippen LogP contribution is -1.86. The molecule has 2 heterocycles. The lowest BCUT2D eigenvalue weighted by molar-refractivity contribution is 0.877. The van der Waals surface area contributed by atoms with E-state index in [4.69, 9.17) is 0 Å². The number of H-pyrrole nitrogens is 1. The molecule has 1 N–H and O–H groups in total. The van der Waals surface area contributed by atoms with Gasteiger partial charge in [-0.1, -0.05) is 18.2 Å². The molecule has 0 aliphatic rings. The monoisotopic (exact) mass is 211 g/mol. The average Bonchev–Trinajstić information content (AvgIpc) is 2.95. The molecule has 0 fully saturated rings. The maximum absolute atomic E-state index is 4.17. The molecule has 0 aliphatic heterocycles. The van der Waals surface area contributed by atoms with Gasteiger partial charge in [-0.25, -0.2) is 4.68 Å². The summed E-state index contributed by atoms with van der Waals surface area (Å²) in [5.41, 5.74) is 2.06. The number of fused-ring (bicyclic) bond motifs is 1. The van der Waals surface area contributed by atoms with E-state index in [9.17, 15) is 0 Å². The lowest BCUT2D eigenvalue weighted by atomic mass is 10.2. The SMILES string of the molecule is C(=N/n1cnnc1)/c1cc2ccccc2[nH]1. The van der Waals surface area contributed by atoms with E-state index in [0.29, 0.717) is 0 Å². The molecule has 1 aromatic carbocycles. The van der Waals surface area contributed by atoms with Gasteiger partial charge in [0.05, 0.1) is 11.9 Å². The van der Waals surface area contributed by atoms with Crippen molar-refractivity contribution in [3.8, 4) is 0 Å². The van der Waals surface area contributed by atoms with Crippen LogP contribution in [0.15, 0.2) is 48.1 Å². The van der Waals surface area contributed by atoms with Crippen molar-refractivity contribution < 1.29 is 0 Å². The summed E-state index contributed by atoms with van der Waals surface area (Å²) >= 11 is 0. The topological polar surface area (TPSA) is 58.9 Å². The Labute approximate surface area is 91.4 Å². The lowest BCUT2D eigenvalue weighted by Gasteiger charge is -1.87. The predicted octanol–water partition coefficient (Wildman–Crippen LogP) is 1.64. The van der Waals surface area contributed by atoms with Crippen molar-refractivity contribution in [1.29, 1.82) is 0 Å². The van der Waals surface area contributed by atoms with Gasteiger partial charge in [-0.05, 0) is 12.1 Å². The molecule has 3 rings (SSSR count). The largest absolute Gasteiger partial charge is 0.354 e. The summed E-state index contributed by atoms with van der Waals surface area (Å²) < 4.78 is 1.55. The third-order valence-corrected chi connectivity index (χ3v) is 2.29. The highest BCUT2D eigenvalue weighted by Crippen LogP contribution is 2.13. The Bertz CT molecular complexity index is 588. The predicted molar refractivity (Wildman–Crippen MR) is 61.3 cm³/mol. The molecule has 5 nitrogen and oxygen atoms in total. The van der Waals surface area contributed by atoms with Crippen LogP contribution in [0.4, 0.5) is 0 Å². The van der Waals surface area contributed by atoms with E-state index in [2.05, 4.69) is 26.3 Å². The average molecular weight is 211 g/mol. The number of nitrogens with one attached hydrogen (secondary N) is 1. The van der Waals surface area contributed by atoms with Gasteiger partial charge < -0.3 is 4.98 Å². The third-order valence-electron chi connectivity index (χ3n) is 2.29. The highest BCUT2D eigenvalue weighted by molar-refractivity contribution is 5.89. The number of aromatic amines is 1. The molecule has 0 saturated heterocycles. The van der Waals surface area contributed by atoms with Crippen molar-refractivity contribution in [2.24, 2.45) is 5.10 Å². The van der Waals surface area contributed by atoms with Crippen LogP contribution in [0.5, 0.6) is 0 Å². The molecule has 0 unspecified atom stereocenters. The van der Waals surface area contributed by atoms with Crippen molar-refractivity contribution in [2.75, 3.05) is 0 Å². The first kappa shape index (κ1) is 8.84. The zero-order valence-electron chi connectivity index (χ0n) is 8.41. The minimum absolute atomic E-state index is 0.954. The molecular formula is C11H9N5. The van der Waals surface area contributed by atoms with Gasteiger partial charge in [-0.3, -0.25) is 0 Å². The van der Waals surface area contributed by atoms with Crippen molar-refractivity contribution in [3.63, 3.8) is 0 Å². The minimum atomic E-state index is 0.954. The summed E-state index contributed by atoms with van der Waals surface area (Å²) in [6.45, 7) is 0. The first-order chi connectivity index (χ1) is 7.92. The summed E-state index contributed by atoms with van der Waals surface area (Å²) in [6, 6.07) is 10.1. The summed E-state index contributed by atoms with van der Waals surface area (Å²) in [4.78, 5) is 3.25. The van der Waals surface area contributed by atoms with Crippen LogP contribution in [-0.2, 0) is 0 Å². The Morgan fingerprint density at radius 2 is 2.00 bits per heavy atom. The van der Waals surface area contributed by atoms with Gasteiger partial charge >= 0.3 is 0 Å². The fraction of sp³-hybridized carbons (Fsp3) is 0. The van der Waals surface area contributed by atoms with Crippen LogP contribution in [0.25, 0.3) is 10.9 Å². The molecule has 78 valence electrons. The van der Waals surface area contributed by atoms with Gasteiger partial charge in [0, 0.05) is 10.9 Å². The molecule has 3 aromatic rings. The zero-order chi connectivity index (χ0) is 10.8. The smallest absolute Gasteiger partial charge is 0.141 e. The second-order valence-corrected chi connectivity index (χ2v) is 3.40. The fourth-order valence-corrected chi connectivity index (χ4v) is 1.55. The van der Waals surface area contributed by atoms with Gasteiger partial charge in [0.2, 0.25) is 0 Å². The zero-order valence-corrected chi connectivity index (χ0v) is 8.41. The number of nitrogens with zero attached hydrogens (tertiary/aromatic N) is 4. The number of aromatic nitrogens is 4. The van der Waals surface area contributed by atoms with Gasteiger partial charge in [0.1, 0.15) is 12.7 Å². The van der Waals surface area contributed by atoms with Gasteiger partial charge in [-0.2, -0.15) is 5.10 Å². The fourth-order valence-electron chi connectivity index (χ4n) is 1.55. The Kier molecular flexibility index (Phi) is 2.00. The maximum atomic E-state index is 4.17. The second kappa shape index (κ2) is 3.62. The van der Waals surface area contributed by atoms with Crippen LogP contribution < -0.4 is 0 Å². The second-order valence-electron chi connectivity index (χ2n) is 3.40. The van der Waals surface area contributed by atoms with E-state index in [1.54, 1.807) is 23.5 Å². The number of rotatable bonds is 2. The Morgan fingerprint density at radius 3 is 2.81 bits per heavy atom. The van der Waals surface area contributed by atoms with Crippen molar-refractivity contribution >= 4 is 17.1 Å². The van der Waals surface area contributed by atoms with Crippen LogP contribution in [0, 0.1) is 0 Å². The van der Waals surface area contributed by atoms with Gasteiger partial charge in [-0.15, -0.1) is 10.2 Å². The standard InChI is InChI=1S/C11H9N5/c1-2-4-11-9(3-1)5-10(15-11)6-14-16-7-12-13-8-16/h1-8,15H/b14-6-. The third kappa shape index (κ3) is 1.58. The molecule has 0 radical (unpaired) electrons. The number of hydrogen-bond donors (Lipinski definition) is 1. The highest BCUT2D eigenvalue weighted by Gasteiger charge is 1.96. The summed E-state index contributed by atoms with van der Waals surface area (Å²) in [7, 11) is 0. The molecule has 0 spiro atoms. The molecule has 16 heavy (non-hydrogen) atoms. The van der Waals surface area contributed by atoms with E-state index in [-0.39, 0.29) is 0 Å². The minimum Gasteiger partial charge on any atom is -0.354 e. The molecule has 0 atom stereocenters. The van der Waals surface area contributed by atoms with Crippen LogP contribution in [0.1, 0.15) is 5.69 Å². The van der Waals surface area contributed by atoms with Crippen LogP contribution in [-0.4, -0.2) is 26.1 Å². The van der Waals surface area contributed by atoms with Crippen LogP contribution in [0.2, 0.25) is 0 Å². The summed E-state index contributed by atoms with van der Waals surface area (Å²) in [5, 5.41) is 12.7. The van der Waals surface area contributed by atoms with E-state index in [0.717, 1.165) is 11.2 Å². The maximum Gasteiger partial charge on any atom is 0.141 e. The molecule has 0 amide bonds. The van der Waals surface area contributed by atoms with E-state index < -0.39 is 0 Å². The van der Waals surface area contributed by atoms with Crippen LogP contribution >= 0.6 is 0 Å². The number of benzene rings is 1. The molecule has 0 aliphatic carbocycles. The van der Waals surface area contributed by atoms with Crippen molar-refractivity contribution in [3.05, 3.63) is 48.7 Å².